The summed E-state index contributed by atoms with van der Waals surface area (Å²) >= 11 is 1.91. The molecule has 0 aliphatic carbocycles. The molecule has 1 saturated heterocycles. The van der Waals surface area contributed by atoms with Crippen LogP contribution in [0.4, 0.5) is 5.69 Å². The van der Waals surface area contributed by atoms with E-state index in [2.05, 4.69) is 73.3 Å². The van der Waals surface area contributed by atoms with Crippen molar-refractivity contribution < 1.29 is 0 Å². The summed E-state index contributed by atoms with van der Waals surface area (Å²) in [7, 11) is 4.54. The van der Waals surface area contributed by atoms with Gasteiger partial charge >= 0.3 is 0 Å². The van der Waals surface area contributed by atoms with Crippen LogP contribution < -0.4 is 4.90 Å². The topological polar surface area (TPSA) is 6.48 Å². The van der Waals surface area contributed by atoms with Gasteiger partial charge in [-0.1, -0.05) is 43.0 Å². The molecule has 1 fully saturated rings. The maximum Gasteiger partial charge on any atom is 0.0544 e. The number of hydrogen-bond donors (Lipinski definition) is 0. The summed E-state index contributed by atoms with van der Waals surface area (Å²) in [4.78, 5) is 7.76. The number of rotatable bonds is 3. The van der Waals surface area contributed by atoms with Crippen molar-refractivity contribution in [3.8, 4) is 0 Å². The van der Waals surface area contributed by atoms with Gasteiger partial charge in [-0.05, 0) is 55.8 Å². The lowest BCUT2D eigenvalue weighted by molar-refractivity contribution is 0.234. The third kappa shape index (κ3) is 2.74. The fourth-order valence-electron chi connectivity index (χ4n) is 4.26. The van der Waals surface area contributed by atoms with Crippen LogP contribution in [0.2, 0.25) is 0 Å². The molecule has 0 aromatic heterocycles. The minimum Gasteiger partial charge on any atom is -0.370 e. The second-order valence-electron chi connectivity index (χ2n) is 7.13. The Hall–Kier alpha value is -1.45. The van der Waals surface area contributed by atoms with E-state index in [1.165, 1.54) is 40.6 Å². The number of piperidine rings is 1. The molecule has 2 nitrogen and oxygen atoms in total. The van der Waals surface area contributed by atoms with Crippen molar-refractivity contribution in [3.05, 3.63) is 53.6 Å². The van der Waals surface area contributed by atoms with E-state index in [-0.39, 0.29) is 0 Å². The zero-order valence-electron chi connectivity index (χ0n) is 14.8. The monoisotopic (exact) mass is 338 g/mol. The summed E-state index contributed by atoms with van der Waals surface area (Å²) in [5.41, 5.74) is 4.42. The van der Waals surface area contributed by atoms with Crippen LogP contribution in [0.5, 0.6) is 0 Å². The molecule has 0 radical (unpaired) electrons. The number of hydrogen-bond acceptors (Lipinski definition) is 3. The molecule has 0 amide bonds. The van der Waals surface area contributed by atoms with Gasteiger partial charge in [-0.3, -0.25) is 0 Å². The summed E-state index contributed by atoms with van der Waals surface area (Å²) in [6, 6.07) is 16.6. The van der Waals surface area contributed by atoms with Gasteiger partial charge in [0, 0.05) is 35.3 Å². The van der Waals surface area contributed by atoms with Gasteiger partial charge in [-0.25, -0.2) is 0 Å². The molecule has 0 N–H and O–H groups in total. The van der Waals surface area contributed by atoms with Gasteiger partial charge in [0.15, 0.2) is 0 Å². The third-order valence-electron chi connectivity index (χ3n) is 5.62. The molecule has 2 aromatic carbocycles. The molecule has 0 bridgehead atoms. The number of likely N-dealkylation sites (N-methyl/N-ethyl adjacent to an activating group) is 2. The van der Waals surface area contributed by atoms with Crippen molar-refractivity contribution in [1.29, 1.82) is 0 Å². The Morgan fingerprint density at radius 3 is 2.62 bits per heavy atom. The molecule has 0 saturated carbocycles. The standard InChI is InChI=1S/C21H26N2S/c1-4-15-8-10-16(11-9-15)24-20-7-5-6-17-18-14-22(2)13-12-19(18)23(3)21(17)20/h5-11,18-19H,4,12-14H2,1-3H3/t18-,19+/m1/s1. The minimum atomic E-state index is 0.659. The molecular formula is C21H26N2S. The van der Waals surface area contributed by atoms with Crippen molar-refractivity contribution in [2.45, 2.75) is 41.5 Å². The van der Waals surface area contributed by atoms with Gasteiger partial charge in [-0.15, -0.1) is 0 Å². The molecule has 0 spiro atoms. The number of para-hydroxylation sites is 1. The smallest absolute Gasteiger partial charge is 0.0544 e. The van der Waals surface area contributed by atoms with Crippen molar-refractivity contribution in [2.75, 3.05) is 32.1 Å². The fraction of sp³-hybridized carbons (Fsp3) is 0.429. The molecular weight excluding hydrogens is 312 g/mol. The van der Waals surface area contributed by atoms with E-state index in [0.717, 1.165) is 6.42 Å². The van der Waals surface area contributed by atoms with Crippen molar-refractivity contribution >= 4 is 17.4 Å². The largest absolute Gasteiger partial charge is 0.370 e. The molecule has 2 atom stereocenters. The Labute approximate surface area is 149 Å². The summed E-state index contributed by atoms with van der Waals surface area (Å²) in [6.45, 7) is 4.60. The van der Waals surface area contributed by atoms with Crippen molar-refractivity contribution in [1.82, 2.24) is 4.90 Å². The number of benzene rings is 2. The molecule has 126 valence electrons. The Bertz CT molecular complexity index is 725. The van der Waals surface area contributed by atoms with Crippen LogP contribution in [0.25, 0.3) is 0 Å². The summed E-state index contributed by atoms with van der Waals surface area (Å²) in [5, 5.41) is 0. The van der Waals surface area contributed by atoms with Gasteiger partial charge < -0.3 is 9.80 Å². The number of nitrogens with zero attached hydrogens (tertiary/aromatic N) is 2. The average Bonchev–Trinajstić information content (AvgIpc) is 2.89. The van der Waals surface area contributed by atoms with Gasteiger partial charge in [0.1, 0.15) is 0 Å². The highest BCUT2D eigenvalue weighted by Crippen LogP contribution is 2.49. The van der Waals surface area contributed by atoms with Crippen LogP contribution in [0.1, 0.15) is 30.4 Å². The van der Waals surface area contributed by atoms with Gasteiger partial charge in [-0.2, -0.15) is 0 Å². The van der Waals surface area contributed by atoms with E-state index in [4.69, 9.17) is 0 Å². The summed E-state index contributed by atoms with van der Waals surface area (Å²) in [6.07, 6.45) is 2.37. The first-order valence-corrected chi connectivity index (χ1v) is 9.80. The highest BCUT2D eigenvalue weighted by Gasteiger charge is 2.40. The van der Waals surface area contributed by atoms with E-state index < -0.39 is 0 Å². The maximum atomic E-state index is 2.55. The third-order valence-corrected chi connectivity index (χ3v) is 6.68. The summed E-state index contributed by atoms with van der Waals surface area (Å²) < 4.78 is 0. The van der Waals surface area contributed by atoms with E-state index in [1.54, 1.807) is 5.56 Å². The molecule has 24 heavy (non-hydrogen) atoms. The second kappa shape index (κ2) is 6.45. The minimum absolute atomic E-state index is 0.659. The quantitative estimate of drug-likeness (QED) is 0.805. The van der Waals surface area contributed by atoms with E-state index in [9.17, 15) is 0 Å². The molecule has 0 unspecified atom stereocenters. The lowest BCUT2D eigenvalue weighted by Gasteiger charge is -2.35. The van der Waals surface area contributed by atoms with Gasteiger partial charge in [0.25, 0.3) is 0 Å². The van der Waals surface area contributed by atoms with Crippen LogP contribution in [-0.2, 0) is 6.42 Å². The van der Waals surface area contributed by atoms with Gasteiger partial charge in [0.2, 0.25) is 0 Å². The summed E-state index contributed by atoms with van der Waals surface area (Å²) in [5.74, 6) is 0.659. The Kier molecular flexibility index (Phi) is 4.31. The van der Waals surface area contributed by atoms with Crippen LogP contribution in [0, 0.1) is 0 Å². The molecule has 2 heterocycles. The van der Waals surface area contributed by atoms with Gasteiger partial charge in [0.05, 0.1) is 5.69 Å². The lowest BCUT2D eigenvalue weighted by atomic mass is 9.89. The Morgan fingerprint density at radius 1 is 1.08 bits per heavy atom. The van der Waals surface area contributed by atoms with E-state index >= 15 is 0 Å². The average molecular weight is 339 g/mol. The Balaban J connectivity index is 1.66. The first-order chi connectivity index (χ1) is 11.7. The number of aryl methyl sites for hydroxylation is 1. The maximum absolute atomic E-state index is 2.55. The molecule has 2 aromatic rings. The predicted octanol–water partition coefficient (Wildman–Crippen LogP) is 4.64. The molecule has 2 aliphatic rings. The van der Waals surface area contributed by atoms with Crippen LogP contribution in [0.15, 0.2) is 52.3 Å². The number of likely N-dealkylation sites (tertiary alicyclic amines) is 1. The molecule has 4 rings (SSSR count). The Morgan fingerprint density at radius 2 is 1.88 bits per heavy atom. The lowest BCUT2D eigenvalue weighted by Crippen LogP contribution is -2.43. The molecule has 3 heteroatoms. The highest BCUT2D eigenvalue weighted by molar-refractivity contribution is 7.99. The van der Waals surface area contributed by atoms with Crippen molar-refractivity contribution in [2.24, 2.45) is 0 Å². The van der Waals surface area contributed by atoms with Crippen LogP contribution in [0.3, 0.4) is 0 Å². The number of fused-ring (bicyclic) bond motifs is 3. The van der Waals surface area contributed by atoms with E-state index in [0.29, 0.717) is 12.0 Å². The first kappa shape index (κ1) is 16.0. The predicted molar refractivity (Wildman–Crippen MR) is 103 cm³/mol. The number of anilines is 1. The zero-order chi connectivity index (χ0) is 16.7. The van der Waals surface area contributed by atoms with Crippen molar-refractivity contribution in [3.63, 3.8) is 0 Å². The fourth-order valence-corrected chi connectivity index (χ4v) is 5.29. The molecule has 2 aliphatic heterocycles. The normalized spacial score (nSPS) is 23.2. The SMILES string of the molecule is CCc1ccc(Sc2cccc3c2N(C)[C@H]2CCN(C)C[C@H]32)cc1. The zero-order valence-corrected chi connectivity index (χ0v) is 15.6. The van der Waals surface area contributed by atoms with Crippen LogP contribution >= 0.6 is 11.8 Å². The highest BCUT2D eigenvalue weighted by atomic mass is 32.2. The second-order valence-corrected chi connectivity index (χ2v) is 8.24. The van der Waals surface area contributed by atoms with Crippen LogP contribution in [-0.4, -0.2) is 38.1 Å². The van der Waals surface area contributed by atoms with E-state index in [1.807, 2.05) is 11.8 Å². The first-order valence-electron chi connectivity index (χ1n) is 8.98.